The minimum atomic E-state index is 0.598. The molecule has 1 aromatic rings. The van der Waals surface area contributed by atoms with E-state index in [1.54, 1.807) is 7.11 Å². The lowest BCUT2D eigenvalue weighted by molar-refractivity contribution is 0.411. The monoisotopic (exact) mass is 234 g/mol. The molecule has 3 N–H and O–H groups in total. The van der Waals surface area contributed by atoms with E-state index in [4.69, 9.17) is 10.5 Å². The lowest BCUT2D eigenvalue weighted by Crippen LogP contribution is -2.35. The number of nitrogens with two attached hydrogens (primary N) is 1. The van der Waals surface area contributed by atoms with Gasteiger partial charge in [0.1, 0.15) is 5.75 Å². The van der Waals surface area contributed by atoms with Crippen molar-refractivity contribution in [3.8, 4) is 5.75 Å². The van der Waals surface area contributed by atoms with Crippen LogP contribution in [0.5, 0.6) is 5.75 Å². The number of benzene rings is 1. The molecule has 0 aromatic heterocycles. The summed E-state index contributed by atoms with van der Waals surface area (Å²) in [5.74, 6) is 0.964. The first-order valence-electron chi connectivity index (χ1n) is 6.42. The molecular formula is C14H22N2O. The van der Waals surface area contributed by atoms with Crippen molar-refractivity contribution in [1.29, 1.82) is 0 Å². The van der Waals surface area contributed by atoms with Crippen LogP contribution in [-0.4, -0.2) is 26.2 Å². The van der Waals surface area contributed by atoms with E-state index >= 15 is 0 Å². The predicted octanol–water partition coefficient (Wildman–Crippen LogP) is 1.49. The van der Waals surface area contributed by atoms with Crippen LogP contribution in [0.25, 0.3) is 0 Å². The summed E-state index contributed by atoms with van der Waals surface area (Å²) in [7, 11) is 1.72. The van der Waals surface area contributed by atoms with Crippen molar-refractivity contribution in [2.45, 2.75) is 31.7 Å². The van der Waals surface area contributed by atoms with Crippen molar-refractivity contribution in [2.24, 2.45) is 5.73 Å². The third-order valence-corrected chi connectivity index (χ3v) is 3.46. The summed E-state index contributed by atoms with van der Waals surface area (Å²) in [5, 5.41) is 3.58. The summed E-state index contributed by atoms with van der Waals surface area (Å²) in [6.45, 7) is 1.80. The maximum absolute atomic E-state index is 5.50. The summed E-state index contributed by atoms with van der Waals surface area (Å²) >= 11 is 0. The highest BCUT2D eigenvalue weighted by molar-refractivity contribution is 5.37. The number of fused-ring (bicyclic) bond motifs is 1. The molecule has 2 rings (SSSR count). The van der Waals surface area contributed by atoms with E-state index in [1.807, 2.05) is 0 Å². The van der Waals surface area contributed by atoms with Gasteiger partial charge in [0.25, 0.3) is 0 Å². The quantitative estimate of drug-likeness (QED) is 0.759. The van der Waals surface area contributed by atoms with Crippen molar-refractivity contribution in [1.82, 2.24) is 5.32 Å². The van der Waals surface area contributed by atoms with Crippen molar-refractivity contribution >= 4 is 0 Å². The Bertz CT molecular complexity index is 365. The van der Waals surface area contributed by atoms with Crippen LogP contribution in [0, 0.1) is 0 Å². The number of ether oxygens (including phenoxy) is 1. The first-order chi connectivity index (χ1) is 8.33. The van der Waals surface area contributed by atoms with Crippen LogP contribution in [0.3, 0.4) is 0 Å². The molecule has 0 heterocycles. The van der Waals surface area contributed by atoms with Gasteiger partial charge >= 0.3 is 0 Å². The van der Waals surface area contributed by atoms with Crippen LogP contribution in [0.2, 0.25) is 0 Å². The van der Waals surface area contributed by atoms with Crippen molar-refractivity contribution in [2.75, 3.05) is 20.2 Å². The second-order valence-electron chi connectivity index (χ2n) is 4.67. The Labute approximate surface area is 103 Å². The molecule has 0 radical (unpaired) electrons. The Balaban J connectivity index is 1.96. The van der Waals surface area contributed by atoms with Gasteiger partial charge in [0, 0.05) is 6.04 Å². The molecular weight excluding hydrogens is 212 g/mol. The van der Waals surface area contributed by atoms with E-state index in [-0.39, 0.29) is 0 Å². The van der Waals surface area contributed by atoms with Gasteiger partial charge < -0.3 is 15.8 Å². The predicted molar refractivity (Wildman–Crippen MR) is 70.5 cm³/mol. The van der Waals surface area contributed by atoms with Crippen LogP contribution >= 0.6 is 0 Å². The molecule has 1 aliphatic rings. The molecule has 0 amide bonds. The topological polar surface area (TPSA) is 47.3 Å². The minimum Gasteiger partial charge on any atom is -0.497 e. The van der Waals surface area contributed by atoms with Crippen LogP contribution in [0.1, 0.15) is 24.0 Å². The molecule has 1 aliphatic carbocycles. The summed E-state index contributed by atoms with van der Waals surface area (Å²) in [6, 6.07) is 7.03. The molecule has 1 aromatic carbocycles. The van der Waals surface area contributed by atoms with Gasteiger partial charge in [-0.1, -0.05) is 6.07 Å². The van der Waals surface area contributed by atoms with Gasteiger partial charge in [0.05, 0.1) is 7.11 Å². The first kappa shape index (κ1) is 12.4. The molecule has 0 spiro atoms. The van der Waals surface area contributed by atoms with Gasteiger partial charge in [-0.25, -0.2) is 0 Å². The fourth-order valence-corrected chi connectivity index (χ4v) is 2.44. The summed E-state index contributed by atoms with van der Waals surface area (Å²) in [4.78, 5) is 0. The second-order valence-corrected chi connectivity index (χ2v) is 4.67. The average molecular weight is 234 g/mol. The molecule has 1 unspecified atom stereocenters. The second kappa shape index (κ2) is 6.03. The fraction of sp³-hybridized carbons (Fsp3) is 0.571. The Morgan fingerprint density at radius 2 is 2.29 bits per heavy atom. The zero-order valence-electron chi connectivity index (χ0n) is 10.5. The van der Waals surface area contributed by atoms with Gasteiger partial charge in [-0.3, -0.25) is 0 Å². The number of nitrogens with one attached hydrogen (secondary N) is 1. The Kier molecular flexibility index (Phi) is 4.40. The Hall–Kier alpha value is -1.06. The molecule has 0 aliphatic heterocycles. The maximum Gasteiger partial charge on any atom is 0.119 e. The molecule has 0 fully saturated rings. The summed E-state index contributed by atoms with van der Waals surface area (Å²) in [6.07, 6.45) is 4.56. The van der Waals surface area contributed by atoms with Crippen LogP contribution in [0.4, 0.5) is 0 Å². The molecule has 1 atom stereocenters. The minimum absolute atomic E-state index is 0.598. The molecule has 0 saturated carbocycles. The third-order valence-electron chi connectivity index (χ3n) is 3.46. The van der Waals surface area contributed by atoms with E-state index in [1.165, 1.54) is 24.0 Å². The van der Waals surface area contributed by atoms with E-state index < -0.39 is 0 Å². The third kappa shape index (κ3) is 3.20. The van der Waals surface area contributed by atoms with Crippen molar-refractivity contribution < 1.29 is 4.74 Å². The van der Waals surface area contributed by atoms with Gasteiger partial charge in [0.15, 0.2) is 0 Å². The van der Waals surface area contributed by atoms with Crippen molar-refractivity contribution in [3.05, 3.63) is 29.3 Å². The Morgan fingerprint density at radius 3 is 3.06 bits per heavy atom. The standard InChI is InChI=1S/C14H22N2O/c1-17-14-6-4-11-3-5-13(9-12(11)10-14)16-8-2-7-15/h4,6,10,13,16H,2-3,5,7-9,15H2,1H3. The Morgan fingerprint density at radius 1 is 1.41 bits per heavy atom. The smallest absolute Gasteiger partial charge is 0.119 e. The average Bonchev–Trinajstić information content (AvgIpc) is 2.38. The van der Waals surface area contributed by atoms with Gasteiger partial charge in [-0.05, 0) is 62.0 Å². The van der Waals surface area contributed by atoms with Crippen LogP contribution < -0.4 is 15.8 Å². The van der Waals surface area contributed by atoms with E-state index in [0.29, 0.717) is 6.04 Å². The largest absolute Gasteiger partial charge is 0.497 e. The van der Waals surface area contributed by atoms with Crippen molar-refractivity contribution in [3.63, 3.8) is 0 Å². The highest BCUT2D eigenvalue weighted by atomic mass is 16.5. The van der Waals surface area contributed by atoms with E-state index in [0.717, 1.165) is 31.7 Å². The highest BCUT2D eigenvalue weighted by Crippen LogP contribution is 2.25. The number of aryl methyl sites for hydroxylation is 1. The van der Waals surface area contributed by atoms with Crippen LogP contribution in [0.15, 0.2) is 18.2 Å². The molecule has 3 nitrogen and oxygen atoms in total. The molecule has 0 saturated heterocycles. The van der Waals surface area contributed by atoms with E-state index in [9.17, 15) is 0 Å². The number of hydrogen-bond acceptors (Lipinski definition) is 3. The number of rotatable bonds is 5. The lowest BCUT2D eigenvalue weighted by atomic mass is 9.88. The highest BCUT2D eigenvalue weighted by Gasteiger charge is 2.18. The molecule has 0 bridgehead atoms. The molecule has 94 valence electrons. The number of hydrogen-bond donors (Lipinski definition) is 2. The summed E-state index contributed by atoms with van der Waals surface area (Å²) < 4.78 is 5.28. The number of methoxy groups -OCH3 is 1. The molecule has 3 heteroatoms. The zero-order valence-corrected chi connectivity index (χ0v) is 10.5. The fourth-order valence-electron chi connectivity index (χ4n) is 2.44. The van der Waals surface area contributed by atoms with Gasteiger partial charge in [-0.15, -0.1) is 0 Å². The summed E-state index contributed by atoms with van der Waals surface area (Å²) in [5.41, 5.74) is 8.41. The van der Waals surface area contributed by atoms with Gasteiger partial charge in [0.2, 0.25) is 0 Å². The normalized spacial score (nSPS) is 18.8. The zero-order chi connectivity index (χ0) is 12.1. The maximum atomic E-state index is 5.50. The van der Waals surface area contributed by atoms with Gasteiger partial charge in [-0.2, -0.15) is 0 Å². The first-order valence-corrected chi connectivity index (χ1v) is 6.42. The lowest BCUT2D eigenvalue weighted by Gasteiger charge is -2.26. The van der Waals surface area contributed by atoms with Crippen LogP contribution in [-0.2, 0) is 12.8 Å². The van der Waals surface area contributed by atoms with E-state index in [2.05, 4.69) is 23.5 Å². The molecule has 17 heavy (non-hydrogen) atoms. The SMILES string of the molecule is COc1ccc2c(c1)CC(NCCCN)CC2.